The molecule has 0 bridgehead atoms. The third-order valence-corrected chi connectivity index (χ3v) is 3.09. The van der Waals surface area contributed by atoms with Crippen molar-refractivity contribution in [3.63, 3.8) is 0 Å². The van der Waals surface area contributed by atoms with E-state index in [4.69, 9.17) is 5.73 Å². The molecule has 0 aromatic carbocycles. The molecule has 6 nitrogen and oxygen atoms in total. The van der Waals surface area contributed by atoms with E-state index >= 15 is 0 Å². The summed E-state index contributed by atoms with van der Waals surface area (Å²) in [5.74, 6) is 0.411. The van der Waals surface area contributed by atoms with Crippen LogP contribution in [-0.2, 0) is 0 Å². The topological polar surface area (TPSA) is 84.9 Å². The second-order valence-electron chi connectivity index (χ2n) is 4.30. The Balaban J connectivity index is 1.97. The number of nitrogens with zero attached hydrogens (tertiary/aromatic N) is 4. The fourth-order valence-electron chi connectivity index (χ4n) is 2.17. The molecule has 0 radical (unpaired) electrons. The standard InChI is InChI=1S/C13H10N6/c14-12-13-16-3-4-19(13)7-11(18-12)8-5-10-9(17-6-8)1-2-15-10/h1-7,15H,(H2,14,18). The summed E-state index contributed by atoms with van der Waals surface area (Å²) in [5.41, 5.74) is 10.2. The number of nitrogens with two attached hydrogens (primary N) is 1. The molecule has 0 fully saturated rings. The van der Waals surface area contributed by atoms with Crippen molar-refractivity contribution in [2.45, 2.75) is 0 Å². The van der Waals surface area contributed by atoms with Crippen LogP contribution in [0.25, 0.3) is 27.9 Å². The zero-order valence-corrected chi connectivity index (χ0v) is 9.91. The number of nitrogen functional groups attached to an aromatic ring is 1. The van der Waals surface area contributed by atoms with Crippen LogP contribution in [-0.4, -0.2) is 24.3 Å². The van der Waals surface area contributed by atoms with Crippen LogP contribution in [0.3, 0.4) is 0 Å². The lowest BCUT2D eigenvalue weighted by Crippen LogP contribution is -1.98. The molecule has 19 heavy (non-hydrogen) atoms. The fraction of sp³-hybridized carbons (Fsp3) is 0. The maximum Gasteiger partial charge on any atom is 0.179 e. The molecule has 4 heterocycles. The number of aromatic nitrogens is 5. The van der Waals surface area contributed by atoms with Gasteiger partial charge in [0.15, 0.2) is 11.5 Å². The number of hydrogen-bond donors (Lipinski definition) is 2. The highest BCUT2D eigenvalue weighted by Gasteiger charge is 2.07. The number of hydrogen-bond acceptors (Lipinski definition) is 4. The van der Waals surface area contributed by atoms with Gasteiger partial charge in [-0.3, -0.25) is 4.98 Å². The maximum atomic E-state index is 5.91. The number of nitrogens with one attached hydrogen (secondary N) is 1. The van der Waals surface area contributed by atoms with Crippen LogP contribution in [0.1, 0.15) is 0 Å². The summed E-state index contributed by atoms with van der Waals surface area (Å²) in [5, 5.41) is 0. The van der Waals surface area contributed by atoms with Gasteiger partial charge in [-0.25, -0.2) is 9.97 Å². The van der Waals surface area contributed by atoms with E-state index in [1.54, 1.807) is 12.4 Å². The summed E-state index contributed by atoms with van der Waals surface area (Å²) in [7, 11) is 0. The lowest BCUT2D eigenvalue weighted by atomic mass is 10.2. The Morgan fingerprint density at radius 3 is 3.16 bits per heavy atom. The summed E-state index contributed by atoms with van der Waals surface area (Å²) in [6, 6.07) is 3.94. The molecule has 3 N–H and O–H groups in total. The van der Waals surface area contributed by atoms with Gasteiger partial charge in [-0.1, -0.05) is 0 Å². The smallest absolute Gasteiger partial charge is 0.179 e. The fourth-order valence-corrected chi connectivity index (χ4v) is 2.17. The van der Waals surface area contributed by atoms with Crippen LogP contribution in [0.2, 0.25) is 0 Å². The molecule has 0 atom stereocenters. The van der Waals surface area contributed by atoms with E-state index in [0.29, 0.717) is 11.5 Å². The number of rotatable bonds is 1. The second kappa shape index (κ2) is 3.55. The van der Waals surface area contributed by atoms with Gasteiger partial charge < -0.3 is 15.1 Å². The number of anilines is 1. The van der Waals surface area contributed by atoms with Crippen molar-refractivity contribution >= 4 is 22.5 Å². The quantitative estimate of drug-likeness (QED) is 0.540. The molecule has 0 unspecified atom stereocenters. The number of H-pyrrole nitrogens is 1. The van der Waals surface area contributed by atoms with Gasteiger partial charge in [0.25, 0.3) is 0 Å². The Labute approximate surface area is 107 Å². The summed E-state index contributed by atoms with van der Waals surface area (Å²) in [4.78, 5) is 16.0. The molecule has 0 aliphatic heterocycles. The van der Waals surface area contributed by atoms with Crippen molar-refractivity contribution in [2.24, 2.45) is 0 Å². The van der Waals surface area contributed by atoms with Gasteiger partial charge in [0.2, 0.25) is 0 Å². The Hall–Kier alpha value is -2.89. The first-order chi connectivity index (χ1) is 9.31. The minimum Gasteiger partial charge on any atom is -0.381 e. The molecule has 0 aliphatic rings. The highest BCUT2D eigenvalue weighted by Crippen LogP contribution is 2.22. The first-order valence-corrected chi connectivity index (χ1v) is 5.84. The Morgan fingerprint density at radius 2 is 2.21 bits per heavy atom. The van der Waals surface area contributed by atoms with Gasteiger partial charge in [-0.2, -0.15) is 0 Å². The van der Waals surface area contributed by atoms with E-state index in [9.17, 15) is 0 Å². The zero-order valence-electron chi connectivity index (χ0n) is 9.91. The molecule has 0 aliphatic carbocycles. The van der Waals surface area contributed by atoms with Gasteiger partial charge >= 0.3 is 0 Å². The number of imidazole rings is 1. The van der Waals surface area contributed by atoms with Crippen LogP contribution in [0.15, 0.2) is 43.1 Å². The molecule has 4 rings (SSSR count). The molecular weight excluding hydrogens is 240 g/mol. The molecule has 0 saturated heterocycles. The highest BCUT2D eigenvalue weighted by molar-refractivity contribution is 5.80. The third kappa shape index (κ3) is 1.46. The van der Waals surface area contributed by atoms with E-state index in [2.05, 4.69) is 19.9 Å². The van der Waals surface area contributed by atoms with E-state index in [0.717, 1.165) is 22.3 Å². The molecule has 0 spiro atoms. The van der Waals surface area contributed by atoms with Crippen LogP contribution in [0.5, 0.6) is 0 Å². The predicted molar refractivity (Wildman–Crippen MR) is 72.5 cm³/mol. The molecule has 4 aromatic heterocycles. The van der Waals surface area contributed by atoms with Crippen molar-refractivity contribution in [1.82, 2.24) is 24.3 Å². The van der Waals surface area contributed by atoms with Crippen molar-refractivity contribution in [2.75, 3.05) is 5.73 Å². The van der Waals surface area contributed by atoms with Crippen molar-refractivity contribution < 1.29 is 0 Å². The largest absolute Gasteiger partial charge is 0.381 e. The van der Waals surface area contributed by atoms with Gasteiger partial charge in [0.1, 0.15) is 0 Å². The van der Waals surface area contributed by atoms with Gasteiger partial charge in [0.05, 0.1) is 16.7 Å². The van der Waals surface area contributed by atoms with Crippen LogP contribution in [0, 0.1) is 0 Å². The summed E-state index contributed by atoms with van der Waals surface area (Å²) in [6.45, 7) is 0. The Morgan fingerprint density at radius 1 is 1.26 bits per heavy atom. The van der Waals surface area contributed by atoms with E-state index < -0.39 is 0 Å². The predicted octanol–water partition coefficient (Wildman–Crippen LogP) is 1.85. The normalized spacial score (nSPS) is 11.4. The number of fused-ring (bicyclic) bond motifs is 2. The molecule has 0 amide bonds. The van der Waals surface area contributed by atoms with Gasteiger partial charge in [-0.05, 0) is 12.1 Å². The zero-order chi connectivity index (χ0) is 12.8. The first-order valence-electron chi connectivity index (χ1n) is 5.84. The average Bonchev–Trinajstić information content (AvgIpc) is 3.06. The second-order valence-corrected chi connectivity index (χ2v) is 4.30. The molecule has 4 aromatic rings. The van der Waals surface area contributed by atoms with Crippen LogP contribution >= 0.6 is 0 Å². The van der Waals surface area contributed by atoms with Crippen molar-refractivity contribution in [3.05, 3.63) is 43.1 Å². The molecule has 0 saturated carbocycles. The Bertz CT molecular complexity index is 888. The van der Waals surface area contributed by atoms with E-state index in [1.807, 2.05) is 35.1 Å². The molecule has 6 heteroatoms. The lowest BCUT2D eigenvalue weighted by molar-refractivity contribution is 1.14. The van der Waals surface area contributed by atoms with Crippen molar-refractivity contribution in [3.8, 4) is 11.3 Å². The van der Waals surface area contributed by atoms with Gasteiger partial charge in [-0.15, -0.1) is 0 Å². The highest BCUT2D eigenvalue weighted by atomic mass is 15.0. The third-order valence-electron chi connectivity index (χ3n) is 3.09. The minimum absolute atomic E-state index is 0.411. The number of aromatic amines is 1. The number of pyridine rings is 1. The Kier molecular flexibility index (Phi) is 1.88. The summed E-state index contributed by atoms with van der Waals surface area (Å²) >= 11 is 0. The van der Waals surface area contributed by atoms with E-state index in [1.165, 1.54) is 0 Å². The monoisotopic (exact) mass is 250 g/mol. The maximum absolute atomic E-state index is 5.91. The average molecular weight is 250 g/mol. The SMILES string of the molecule is Nc1nc(-c2cnc3cc[nH]c3c2)cn2ccnc12. The van der Waals surface area contributed by atoms with Gasteiger partial charge in [0, 0.05) is 36.5 Å². The van der Waals surface area contributed by atoms with Crippen molar-refractivity contribution in [1.29, 1.82) is 0 Å². The van der Waals surface area contributed by atoms with Crippen LogP contribution in [0.4, 0.5) is 5.82 Å². The molecular formula is C13H10N6. The summed E-state index contributed by atoms with van der Waals surface area (Å²) < 4.78 is 1.86. The minimum atomic E-state index is 0.411. The molecule has 92 valence electrons. The van der Waals surface area contributed by atoms with Crippen LogP contribution < -0.4 is 5.73 Å². The summed E-state index contributed by atoms with van der Waals surface area (Å²) in [6.07, 6.45) is 9.09. The first kappa shape index (κ1) is 10.1. The lowest BCUT2D eigenvalue weighted by Gasteiger charge is -2.04. The van der Waals surface area contributed by atoms with E-state index in [-0.39, 0.29) is 0 Å².